The van der Waals surface area contributed by atoms with E-state index in [4.69, 9.17) is 0 Å². The summed E-state index contributed by atoms with van der Waals surface area (Å²) in [5.41, 5.74) is 0.829. The fraction of sp³-hybridized carbons (Fsp3) is 0.200. The first kappa shape index (κ1) is 10.7. The molecule has 0 aliphatic rings. The molecule has 2 heterocycles. The van der Waals surface area contributed by atoms with Crippen molar-refractivity contribution < 1.29 is 5.11 Å². The van der Waals surface area contributed by atoms with Crippen LogP contribution in [0.1, 0.15) is 17.9 Å². The normalized spacial score (nSPS) is 12.7. The summed E-state index contributed by atoms with van der Waals surface area (Å²) in [4.78, 5) is 9.31. The largest absolute Gasteiger partial charge is 0.388 e. The van der Waals surface area contributed by atoms with E-state index in [1.165, 1.54) is 11.3 Å². The number of thiazole rings is 1. The molecule has 2 aromatic heterocycles. The first-order valence-corrected chi connectivity index (χ1v) is 6.03. The van der Waals surface area contributed by atoms with Gasteiger partial charge < -0.3 is 5.11 Å². The first-order valence-electron chi connectivity index (χ1n) is 4.42. The Morgan fingerprint density at radius 1 is 1.33 bits per heavy atom. The van der Waals surface area contributed by atoms with Crippen LogP contribution in [0, 0.1) is 0 Å². The number of nitrogens with zero attached hydrogens (tertiary/aromatic N) is 2. The number of aliphatic hydroxyl groups is 1. The van der Waals surface area contributed by atoms with E-state index in [0.717, 1.165) is 20.1 Å². The second-order valence-electron chi connectivity index (χ2n) is 3.11. The number of halogens is 1. The van der Waals surface area contributed by atoms with Gasteiger partial charge in [-0.25, -0.2) is 4.98 Å². The van der Waals surface area contributed by atoms with Gasteiger partial charge in [0.2, 0.25) is 0 Å². The maximum absolute atomic E-state index is 9.37. The summed E-state index contributed by atoms with van der Waals surface area (Å²) in [5, 5.41) is 10.2. The molecule has 0 aromatic carbocycles. The van der Waals surface area contributed by atoms with Crippen molar-refractivity contribution in [2.75, 3.05) is 0 Å². The van der Waals surface area contributed by atoms with Gasteiger partial charge in [-0.2, -0.15) is 0 Å². The van der Waals surface area contributed by atoms with Crippen LogP contribution in [-0.4, -0.2) is 15.1 Å². The van der Waals surface area contributed by atoms with Crippen LogP contribution < -0.4 is 0 Å². The third-order valence-electron chi connectivity index (χ3n) is 1.88. The second-order valence-corrected chi connectivity index (χ2v) is 5.08. The lowest BCUT2D eigenvalue weighted by molar-refractivity contribution is 0.203. The Morgan fingerprint density at radius 3 is 2.67 bits per heavy atom. The van der Waals surface area contributed by atoms with E-state index in [2.05, 4.69) is 25.9 Å². The summed E-state index contributed by atoms with van der Waals surface area (Å²) in [6.45, 7) is 1.73. The van der Waals surface area contributed by atoms with E-state index in [1.807, 2.05) is 12.1 Å². The molecular formula is C10H9BrN2OS. The highest BCUT2D eigenvalue weighted by Crippen LogP contribution is 2.27. The second kappa shape index (κ2) is 4.38. The predicted molar refractivity (Wildman–Crippen MR) is 63.7 cm³/mol. The molecule has 0 saturated carbocycles. The fourth-order valence-corrected chi connectivity index (χ4v) is 2.16. The van der Waals surface area contributed by atoms with Gasteiger partial charge >= 0.3 is 0 Å². The van der Waals surface area contributed by atoms with Crippen molar-refractivity contribution in [2.45, 2.75) is 13.0 Å². The van der Waals surface area contributed by atoms with Gasteiger partial charge in [0.05, 0.1) is 16.7 Å². The molecule has 78 valence electrons. The monoisotopic (exact) mass is 284 g/mol. The lowest BCUT2D eigenvalue weighted by Crippen LogP contribution is -1.83. The summed E-state index contributed by atoms with van der Waals surface area (Å²) in [5.74, 6) is 0. The molecule has 0 saturated heterocycles. The minimum absolute atomic E-state index is 0.466. The summed E-state index contributed by atoms with van der Waals surface area (Å²) < 4.78 is 0.943. The van der Waals surface area contributed by atoms with Crippen molar-refractivity contribution in [1.82, 2.24) is 9.97 Å². The molecule has 0 radical (unpaired) electrons. The Labute approximate surface area is 100.0 Å². The van der Waals surface area contributed by atoms with Crippen LogP contribution in [0.2, 0.25) is 0 Å². The molecule has 5 heteroatoms. The number of aliphatic hydroxyl groups excluding tert-OH is 1. The van der Waals surface area contributed by atoms with Crippen LogP contribution in [-0.2, 0) is 0 Å². The van der Waals surface area contributed by atoms with Crippen LogP contribution in [0.4, 0.5) is 0 Å². The minimum Gasteiger partial charge on any atom is -0.388 e. The quantitative estimate of drug-likeness (QED) is 0.922. The van der Waals surface area contributed by atoms with Crippen LogP contribution >= 0.6 is 27.3 Å². The SMILES string of the molecule is CC(O)c1cnc(-c2ccc(Br)cn2)s1. The Balaban J connectivity index is 2.33. The van der Waals surface area contributed by atoms with E-state index >= 15 is 0 Å². The highest BCUT2D eigenvalue weighted by atomic mass is 79.9. The van der Waals surface area contributed by atoms with Crippen LogP contribution in [0.25, 0.3) is 10.7 Å². The van der Waals surface area contributed by atoms with Crippen molar-refractivity contribution >= 4 is 27.3 Å². The van der Waals surface area contributed by atoms with E-state index in [-0.39, 0.29) is 0 Å². The fourth-order valence-electron chi connectivity index (χ4n) is 1.10. The Kier molecular flexibility index (Phi) is 3.14. The molecule has 3 nitrogen and oxygen atoms in total. The van der Waals surface area contributed by atoms with E-state index in [1.54, 1.807) is 19.3 Å². The van der Waals surface area contributed by atoms with E-state index in [9.17, 15) is 5.11 Å². The lowest BCUT2D eigenvalue weighted by Gasteiger charge is -1.96. The average molecular weight is 285 g/mol. The highest BCUT2D eigenvalue weighted by Gasteiger charge is 2.08. The summed E-state index contributed by atoms with van der Waals surface area (Å²) >= 11 is 4.79. The van der Waals surface area contributed by atoms with Gasteiger partial charge in [0.25, 0.3) is 0 Å². The Morgan fingerprint density at radius 2 is 2.13 bits per heavy atom. The third-order valence-corrected chi connectivity index (χ3v) is 3.54. The van der Waals surface area contributed by atoms with Gasteiger partial charge in [-0.3, -0.25) is 4.98 Å². The number of rotatable bonds is 2. The molecular weight excluding hydrogens is 276 g/mol. The van der Waals surface area contributed by atoms with Gasteiger partial charge in [0, 0.05) is 16.9 Å². The van der Waals surface area contributed by atoms with Crippen molar-refractivity contribution in [1.29, 1.82) is 0 Å². The number of pyridine rings is 1. The van der Waals surface area contributed by atoms with E-state index in [0.29, 0.717) is 0 Å². The molecule has 0 aliphatic carbocycles. The lowest BCUT2D eigenvalue weighted by atomic mass is 10.3. The number of hydrogen-bond donors (Lipinski definition) is 1. The highest BCUT2D eigenvalue weighted by molar-refractivity contribution is 9.10. The summed E-state index contributed by atoms with van der Waals surface area (Å²) in [7, 11) is 0. The molecule has 0 amide bonds. The molecule has 0 aliphatic heterocycles. The molecule has 1 atom stereocenters. The van der Waals surface area contributed by atoms with Gasteiger partial charge in [-0.1, -0.05) is 0 Å². The van der Waals surface area contributed by atoms with Crippen LogP contribution in [0.5, 0.6) is 0 Å². The first-order chi connectivity index (χ1) is 7.16. The average Bonchev–Trinajstić information content (AvgIpc) is 2.68. The van der Waals surface area contributed by atoms with Crippen LogP contribution in [0.3, 0.4) is 0 Å². The standard InChI is InChI=1S/C10H9BrN2OS/c1-6(14)9-5-13-10(15-9)8-3-2-7(11)4-12-8/h2-6,14H,1H3. The summed E-state index contributed by atoms with van der Waals surface area (Å²) in [6, 6.07) is 3.82. The zero-order chi connectivity index (χ0) is 10.8. The smallest absolute Gasteiger partial charge is 0.142 e. The molecule has 1 unspecified atom stereocenters. The molecule has 0 spiro atoms. The third kappa shape index (κ3) is 2.42. The van der Waals surface area contributed by atoms with E-state index < -0.39 is 6.10 Å². The number of aromatic nitrogens is 2. The molecule has 0 fully saturated rings. The molecule has 2 rings (SSSR count). The summed E-state index contributed by atoms with van der Waals surface area (Å²) in [6.07, 6.45) is 2.96. The zero-order valence-electron chi connectivity index (χ0n) is 8.01. The van der Waals surface area contributed by atoms with Gasteiger partial charge in [0.1, 0.15) is 5.01 Å². The Hall–Kier alpha value is -0.780. The molecule has 15 heavy (non-hydrogen) atoms. The molecule has 2 aromatic rings. The van der Waals surface area contributed by atoms with Gasteiger partial charge in [-0.05, 0) is 35.0 Å². The molecule has 1 N–H and O–H groups in total. The van der Waals surface area contributed by atoms with Crippen LogP contribution in [0.15, 0.2) is 29.0 Å². The van der Waals surface area contributed by atoms with Crippen molar-refractivity contribution in [2.24, 2.45) is 0 Å². The van der Waals surface area contributed by atoms with Crippen molar-refractivity contribution in [3.05, 3.63) is 33.9 Å². The predicted octanol–water partition coefficient (Wildman–Crippen LogP) is 3.02. The Bertz CT molecular complexity index is 453. The topological polar surface area (TPSA) is 46.0 Å². The zero-order valence-corrected chi connectivity index (χ0v) is 10.4. The maximum atomic E-state index is 9.37. The molecule has 0 bridgehead atoms. The number of hydrogen-bond acceptors (Lipinski definition) is 4. The maximum Gasteiger partial charge on any atom is 0.142 e. The van der Waals surface area contributed by atoms with Gasteiger partial charge in [0.15, 0.2) is 0 Å². The minimum atomic E-state index is -0.466. The van der Waals surface area contributed by atoms with Crippen molar-refractivity contribution in [3.63, 3.8) is 0 Å². The van der Waals surface area contributed by atoms with Crippen molar-refractivity contribution in [3.8, 4) is 10.7 Å². The van der Waals surface area contributed by atoms with Gasteiger partial charge in [-0.15, -0.1) is 11.3 Å².